The Balaban J connectivity index is 1.85. The van der Waals surface area contributed by atoms with Crippen LogP contribution in [-0.4, -0.2) is 11.3 Å². The van der Waals surface area contributed by atoms with Crippen LogP contribution in [0.25, 0.3) is 22.0 Å². The monoisotopic (exact) mass is 308 g/mol. The third kappa shape index (κ3) is 2.19. The first-order chi connectivity index (χ1) is 10.7. The van der Waals surface area contributed by atoms with Gasteiger partial charge in [-0.15, -0.1) is 0 Å². The van der Waals surface area contributed by atoms with E-state index in [4.69, 9.17) is 11.6 Å². The third-order valence-corrected chi connectivity index (χ3v) is 4.32. The Hall–Kier alpha value is -2.23. The molecule has 0 spiro atoms. The van der Waals surface area contributed by atoms with Crippen LogP contribution in [0.15, 0.2) is 48.5 Å². The lowest BCUT2D eigenvalue weighted by Gasteiger charge is -2.07. The zero-order chi connectivity index (χ0) is 15.1. The fourth-order valence-corrected chi connectivity index (χ4v) is 3.03. The number of benzene rings is 2. The van der Waals surface area contributed by atoms with Crippen molar-refractivity contribution in [1.82, 2.24) is 10.3 Å². The van der Waals surface area contributed by atoms with Gasteiger partial charge < -0.3 is 4.79 Å². The lowest BCUT2D eigenvalue weighted by Crippen LogP contribution is -2.12. The summed E-state index contributed by atoms with van der Waals surface area (Å²) in [6, 6.07) is 15.8. The number of hydrogen-bond acceptors (Lipinski definition) is 3. The summed E-state index contributed by atoms with van der Waals surface area (Å²) < 4.78 is 0. The average molecular weight is 309 g/mol. The number of rotatable bonds is 2. The molecule has 0 fully saturated rings. The Bertz CT molecular complexity index is 874. The molecule has 1 atom stereocenters. The Kier molecular flexibility index (Phi) is 3.17. The summed E-state index contributed by atoms with van der Waals surface area (Å²) in [5.74, 6) is 0. The molecule has 108 valence electrons. The molecule has 2 aromatic carbocycles. The highest BCUT2D eigenvalue weighted by Crippen LogP contribution is 2.29. The number of carbonyl (C=O) groups is 1. The first-order valence-corrected chi connectivity index (χ1v) is 7.50. The maximum atomic E-state index is 11.1. The molecule has 0 aliphatic carbocycles. The van der Waals surface area contributed by atoms with E-state index in [0.717, 1.165) is 44.6 Å². The zero-order valence-electron chi connectivity index (χ0n) is 11.7. The van der Waals surface area contributed by atoms with E-state index in [2.05, 4.69) is 28.5 Å². The van der Waals surface area contributed by atoms with Gasteiger partial charge in [-0.1, -0.05) is 29.8 Å². The largest absolute Gasteiger partial charge is 0.301 e. The average Bonchev–Trinajstić information content (AvgIpc) is 2.95. The van der Waals surface area contributed by atoms with Crippen LogP contribution < -0.4 is 5.32 Å². The number of carbonyl (C=O) groups excluding carboxylic acids is 1. The normalized spacial score (nSPS) is 16.7. The van der Waals surface area contributed by atoms with Gasteiger partial charge >= 0.3 is 0 Å². The van der Waals surface area contributed by atoms with Crippen molar-refractivity contribution < 1.29 is 4.79 Å². The highest BCUT2D eigenvalue weighted by atomic mass is 35.5. The number of pyridine rings is 1. The van der Waals surface area contributed by atoms with Gasteiger partial charge in [0.2, 0.25) is 0 Å². The summed E-state index contributed by atoms with van der Waals surface area (Å²) in [6.45, 7) is 0.646. The van der Waals surface area contributed by atoms with Crippen molar-refractivity contribution in [3.8, 4) is 11.1 Å². The third-order valence-electron chi connectivity index (χ3n) is 4.07. The second-order valence-electron chi connectivity index (χ2n) is 5.43. The SMILES string of the molecule is O=CC1NCc2nc3ccc(-c4ccc(Cl)cc4)cc3cc21. The molecule has 0 bridgehead atoms. The molecular formula is C18H13ClN2O. The summed E-state index contributed by atoms with van der Waals surface area (Å²) in [5, 5.41) is 4.92. The van der Waals surface area contributed by atoms with Crippen molar-refractivity contribution in [1.29, 1.82) is 0 Å². The highest BCUT2D eigenvalue weighted by Gasteiger charge is 2.22. The van der Waals surface area contributed by atoms with E-state index in [1.807, 2.05) is 30.3 Å². The van der Waals surface area contributed by atoms with Gasteiger partial charge in [0.15, 0.2) is 0 Å². The predicted octanol–water partition coefficient (Wildman–Crippen LogP) is 3.90. The molecule has 2 heterocycles. The van der Waals surface area contributed by atoms with Crippen molar-refractivity contribution >= 4 is 28.8 Å². The van der Waals surface area contributed by atoms with Crippen molar-refractivity contribution in [3.63, 3.8) is 0 Å². The number of hydrogen-bond donors (Lipinski definition) is 1. The summed E-state index contributed by atoms with van der Waals surface area (Å²) in [7, 11) is 0. The molecule has 3 aromatic rings. The van der Waals surface area contributed by atoms with E-state index in [9.17, 15) is 4.79 Å². The second kappa shape index (κ2) is 5.20. The van der Waals surface area contributed by atoms with E-state index in [1.54, 1.807) is 0 Å². The molecule has 22 heavy (non-hydrogen) atoms. The Morgan fingerprint density at radius 1 is 1.09 bits per heavy atom. The maximum Gasteiger partial charge on any atom is 0.141 e. The summed E-state index contributed by atoms with van der Waals surface area (Å²) in [4.78, 5) is 15.8. The topological polar surface area (TPSA) is 42.0 Å². The molecule has 0 saturated carbocycles. The molecule has 1 aliphatic heterocycles. The molecular weight excluding hydrogens is 296 g/mol. The molecule has 1 unspecified atom stereocenters. The van der Waals surface area contributed by atoms with E-state index in [1.165, 1.54) is 0 Å². The molecule has 4 heteroatoms. The lowest BCUT2D eigenvalue weighted by molar-refractivity contribution is -0.109. The molecule has 0 amide bonds. The molecule has 1 N–H and O–H groups in total. The molecule has 1 aromatic heterocycles. The van der Waals surface area contributed by atoms with Gasteiger partial charge in [0.1, 0.15) is 6.29 Å². The Labute approximate surface area is 132 Å². The van der Waals surface area contributed by atoms with Crippen LogP contribution in [0.5, 0.6) is 0 Å². The molecule has 0 saturated heterocycles. The van der Waals surface area contributed by atoms with Gasteiger partial charge in [-0.2, -0.15) is 0 Å². The summed E-state index contributed by atoms with van der Waals surface area (Å²) in [5.41, 5.74) is 5.11. The summed E-state index contributed by atoms with van der Waals surface area (Å²) in [6.07, 6.45) is 0.933. The minimum Gasteiger partial charge on any atom is -0.301 e. The predicted molar refractivity (Wildman–Crippen MR) is 87.8 cm³/mol. The van der Waals surface area contributed by atoms with Crippen molar-refractivity contribution in [3.05, 3.63) is 64.8 Å². The number of fused-ring (bicyclic) bond motifs is 2. The number of nitrogens with one attached hydrogen (secondary N) is 1. The van der Waals surface area contributed by atoms with Gasteiger partial charge in [0, 0.05) is 17.0 Å². The van der Waals surface area contributed by atoms with E-state index >= 15 is 0 Å². The van der Waals surface area contributed by atoms with Gasteiger partial charge in [-0.3, -0.25) is 10.3 Å². The lowest BCUT2D eigenvalue weighted by atomic mass is 10.0. The van der Waals surface area contributed by atoms with Crippen LogP contribution in [0, 0.1) is 0 Å². The van der Waals surface area contributed by atoms with Crippen LogP contribution in [0.2, 0.25) is 5.02 Å². The Morgan fingerprint density at radius 3 is 2.64 bits per heavy atom. The number of aromatic nitrogens is 1. The van der Waals surface area contributed by atoms with Gasteiger partial charge in [0.05, 0.1) is 17.3 Å². The smallest absolute Gasteiger partial charge is 0.141 e. The number of aldehydes is 1. The molecule has 0 radical (unpaired) electrons. The van der Waals surface area contributed by atoms with E-state index in [-0.39, 0.29) is 6.04 Å². The van der Waals surface area contributed by atoms with Crippen molar-refractivity contribution in [2.75, 3.05) is 0 Å². The zero-order valence-corrected chi connectivity index (χ0v) is 12.5. The molecule has 4 rings (SSSR count). The number of halogens is 1. The fourth-order valence-electron chi connectivity index (χ4n) is 2.90. The van der Waals surface area contributed by atoms with Gasteiger partial charge in [0.25, 0.3) is 0 Å². The maximum absolute atomic E-state index is 11.1. The quantitative estimate of drug-likeness (QED) is 0.730. The minimum atomic E-state index is -0.244. The summed E-state index contributed by atoms with van der Waals surface area (Å²) >= 11 is 5.94. The highest BCUT2D eigenvalue weighted by molar-refractivity contribution is 6.30. The van der Waals surface area contributed by atoms with E-state index < -0.39 is 0 Å². The van der Waals surface area contributed by atoms with Crippen LogP contribution in [0.1, 0.15) is 17.3 Å². The number of nitrogens with zero attached hydrogens (tertiary/aromatic N) is 1. The van der Waals surface area contributed by atoms with Gasteiger partial charge in [-0.05, 0) is 47.0 Å². The molecule has 1 aliphatic rings. The Morgan fingerprint density at radius 2 is 1.86 bits per heavy atom. The first-order valence-electron chi connectivity index (χ1n) is 7.13. The van der Waals surface area contributed by atoms with Crippen LogP contribution in [0.3, 0.4) is 0 Å². The minimum absolute atomic E-state index is 0.244. The van der Waals surface area contributed by atoms with Gasteiger partial charge in [-0.25, -0.2) is 0 Å². The second-order valence-corrected chi connectivity index (χ2v) is 5.87. The van der Waals surface area contributed by atoms with Crippen molar-refractivity contribution in [2.24, 2.45) is 0 Å². The van der Waals surface area contributed by atoms with E-state index in [0.29, 0.717) is 6.54 Å². The molecule has 3 nitrogen and oxygen atoms in total. The first kappa shape index (κ1) is 13.4. The van der Waals surface area contributed by atoms with Crippen LogP contribution in [-0.2, 0) is 11.3 Å². The fraction of sp³-hybridized carbons (Fsp3) is 0.111. The van der Waals surface area contributed by atoms with Crippen LogP contribution in [0.4, 0.5) is 0 Å². The standard InChI is InChI=1S/C18H13ClN2O/c19-14-4-1-11(2-5-14)12-3-6-16-13(7-12)8-15-17(21-16)9-20-18(15)10-22/h1-8,10,18,20H,9H2. The van der Waals surface area contributed by atoms with Crippen molar-refractivity contribution in [2.45, 2.75) is 12.6 Å². The van der Waals surface area contributed by atoms with Crippen LogP contribution >= 0.6 is 11.6 Å².